The van der Waals surface area contributed by atoms with Crippen LogP contribution in [0, 0.1) is 6.57 Å². The quantitative estimate of drug-likeness (QED) is 0.0958. The molecule has 229 valence electrons. The van der Waals surface area contributed by atoms with Gasteiger partial charge in [0, 0.05) is 22.2 Å². The van der Waals surface area contributed by atoms with Crippen molar-refractivity contribution >= 4 is 19.0 Å². The molecule has 1 radical (unpaired) electrons. The maximum Gasteiger partial charge on any atom is 0.234 e. The highest BCUT2D eigenvalue weighted by Crippen LogP contribution is 2.53. The monoisotopic (exact) mass is 599 g/mol. The highest BCUT2D eigenvalue weighted by atomic mass is 28.3. The van der Waals surface area contributed by atoms with Crippen molar-refractivity contribution in [3.05, 3.63) is 94.5 Å². The van der Waals surface area contributed by atoms with Crippen molar-refractivity contribution in [2.24, 2.45) is 0 Å². The molecule has 1 aliphatic heterocycles. The number of benzene rings is 1. The first-order chi connectivity index (χ1) is 19.9. The third kappa shape index (κ3) is 5.78. The molecule has 3 aliphatic rings. The summed E-state index contributed by atoms with van der Waals surface area (Å²) in [4.78, 5) is 15.7. The van der Waals surface area contributed by atoms with Gasteiger partial charge in [0.25, 0.3) is 0 Å². The first kappa shape index (κ1) is 32.9. The van der Waals surface area contributed by atoms with E-state index in [2.05, 4.69) is 59.5 Å². The van der Waals surface area contributed by atoms with E-state index in [-0.39, 0.29) is 5.04 Å². The van der Waals surface area contributed by atoms with E-state index in [9.17, 15) is 10.5 Å². The lowest BCUT2D eigenvalue weighted by Gasteiger charge is -2.43. The van der Waals surface area contributed by atoms with Crippen LogP contribution in [0.1, 0.15) is 91.3 Å². The van der Waals surface area contributed by atoms with Gasteiger partial charge in [-0.05, 0) is 68.5 Å². The normalized spacial score (nSPS) is 17.8. The van der Waals surface area contributed by atoms with Gasteiger partial charge in [0.1, 0.15) is 6.04 Å². The predicted molar refractivity (Wildman–Crippen MR) is 171 cm³/mol. The molecule has 0 spiro atoms. The summed E-state index contributed by atoms with van der Waals surface area (Å²) in [5, 5.41) is 30.0. The summed E-state index contributed by atoms with van der Waals surface area (Å²) in [5.41, 5.74) is 3.05. The molecule has 0 aromatic heterocycles. The van der Waals surface area contributed by atoms with Gasteiger partial charge in [-0.15, -0.1) is 15.3 Å². The fraction of sp³-hybridized carbons (Fsp3) is 0.457. The zero-order valence-electron chi connectivity index (χ0n) is 27.4. The van der Waals surface area contributed by atoms with Gasteiger partial charge < -0.3 is 15.0 Å². The van der Waals surface area contributed by atoms with Crippen molar-refractivity contribution in [2.45, 2.75) is 104 Å². The van der Waals surface area contributed by atoms with Crippen LogP contribution < -0.4 is 10.4 Å². The maximum absolute atomic E-state index is 13.9. The fourth-order valence-electron chi connectivity index (χ4n) is 5.69. The topological polar surface area (TPSA) is 72.3 Å². The number of rotatable bonds is 6. The molecule has 0 amide bonds. The Kier molecular flexibility index (Phi) is 8.77. The van der Waals surface area contributed by atoms with Crippen LogP contribution in [0.15, 0.2) is 66.4 Å². The van der Waals surface area contributed by atoms with Crippen molar-refractivity contribution in [1.29, 1.82) is 0 Å². The molecule has 43 heavy (non-hydrogen) atoms. The number of hydrogen-bond donors (Lipinski definition) is 0. The van der Waals surface area contributed by atoms with Crippen LogP contribution in [0.4, 0.5) is 0 Å². The first-order valence-electron chi connectivity index (χ1n) is 14.8. The van der Waals surface area contributed by atoms with E-state index in [1.54, 1.807) is 20.8 Å². The molecule has 2 aliphatic carbocycles. The van der Waals surface area contributed by atoms with Crippen LogP contribution in [0.2, 0.25) is 18.1 Å². The summed E-state index contributed by atoms with van der Waals surface area (Å²) >= 11 is 0. The minimum absolute atomic E-state index is 0.178. The van der Waals surface area contributed by atoms with Gasteiger partial charge in [-0.1, -0.05) is 94.5 Å². The average Bonchev–Trinajstić information content (AvgIpc) is 3.34. The molecular weight excluding hydrogens is 554 g/mol. The summed E-state index contributed by atoms with van der Waals surface area (Å²) in [5.74, 6) is 0.518. The Balaban J connectivity index is 2.24. The minimum Gasteiger partial charge on any atom is -0.722 e. The van der Waals surface area contributed by atoms with Crippen LogP contribution in [0.3, 0.4) is 0 Å². The second kappa shape index (κ2) is 11.5. The molecule has 0 saturated heterocycles. The summed E-state index contributed by atoms with van der Waals surface area (Å²) < 4.78 is 0. The molecule has 1 heterocycles. The number of nitrogens with zero attached hydrogens (tertiary/aromatic N) is 3. The Morgan fingerprint density at radius 1 is 0.930 bits per heavy atom. The Bertz CT molecular complexity index is 1510. The lowest BCUT2D eigenvalue weighted by atomic mass is 9.96. The summed E-state index contributed by atoms with van der Waals surface area (Å²) in [6.07, 6.45) is -1.39. The van der Waals surface area contributed by atoms with E-state index in [0.717, 1.165) is 32.5 Å². The van der Waals surface area contributed by atoms with Crippen LogP contribution in [0.5, 0.6) is 0 Å². The van der Waals surface area contributed by atoms with E-state index in [1.165, 1.54) is 0 Å². The second-order valence-electron chi connectivity index (χ2n) is 14.9. The molecule has 8 heteroatoms. The van der Waals surface area contributed by atoms with Crippen LogP contribution in [-0.4, -0.2) is 29.3 Å². The summed E-state index contributed by atoms with van der Waals surface area (Å²) in [6, 6.07) is 18.9. The lowest BCUT2D eigenvalue weighted by molar-refractivity contribution is -0.722. The van der Waals surface area contributed by atoms with Gasteiger partial charge in [0.2, 0.25) is 5.70 Å². The van der Waals surface area contributed by atoms with Crippen LogP contribution in [-0.2, 0) is 14.9 Å². The van der Waals surface area contributed by atoms with Crippen molar-refractivity contribution in [3.63, 3.8) is 0 Å². The largest absolute Gasteiger partial charge is 0.722 e. The van der Waals surface area contributed by atoms with Crippen molar-refractivity contribution in [2.75, 3.05) is 0 Å². The summed E-state index contributed by atoms with van der Waals surface area (Å²) in [6.45, 7) is 31.2. The van der Waals surface area contributed by atoms with E-state index >= 15 is 0 Å². The van der Waals surface area contributed by atoms with Gasteiger partial charge in [0.05, 0.1) is 14.6 Å². The third-order valence-corrected chi connectivity index (χ3v) is 14.4. The third-order valence-electron chi connectivity index (χ3n) is 8.88. The molecule has 7 nitrogen and oxygen atoms in total. The highest BCUT2D eigenvalue weighted by molar-refractivity contribution is 6.93. The SMILES string of the molecule is [C-]#[N+]C1=C(c2ccccc2)ON(C(C)(C)C)C1c1c2cccccc-2c(C(O[O-])N([O])C(C)(C)C)c1[Si](C)(C)C(C)(C)C. The Morgan fingerprint density at radius 2 is 1.47 bits per heavy atom. The van der Waals surface area contributed by atoms with E-state index in [0.29, 0.717) is 17.0 Å². The molecule has 0 bridgehead atoms. The average molecular weight is 600 g/mol. The Hall–Kier alpha value is -3.03. The molecule has 1 aromatic rings. The number of fused-ring (bicyclic) bond motifs is 1. The molecule has 0 N–H and O–H groups in total. The van der Waals surface area contributed by atoms with Gasteiger partial charge in [-0.2, -0.15) is 0 Å². The lowest BCUT2D eigenvalue weighted by Crippen LogP contribution is -2.55. The second-order valence-corrected chi connectivity index (χ2v) is 20.2. The van der Waals surface area contributed by atoms with Crippen LogP contribution >= 0.6 is 0 Å². The maximum atomic E-state index is 13.9. The Morgan fingerprint density at radius 3 is 1.93 bits per heavy atom. The zero-order chi connectivity index (χ0) is 32.1. The number of hydroxylamine groups is 4. The molecule has 2 atom stereocenters. The zero-order valence-corrected chi connectivity index (χ0v) is 28.4. The highest BCUT2D eigenvalue weighted by Gasteiger charge is 2.52. The smallest absolute Gasteiger partial charge is 0.234 e. The molecule has 1 aromatic carbocycles. The van der Waals surface area contributed by atoms with E-state index in [4.69, 9.17) is 16.3 Å². The van der Waals surface area contributed by atoms with Gasteiger partial charge in [0.15, 0.2) is 12.0 Å². The molecule has 0 fully saturated rings. The van der Waals surface area contributed by atoms with Gasteiger partial charge in [-0.3, -0.25) is 0 Å². The van der Waals surface area contributed by atoms with Crippen molar-refractivity contribution in [1.82, 2.24) is 10.1 Å². The molecule has 0 saturated carbocycles. The first-order valence-corrected chi connectivity index (χ1v) is 17.8. The fourth-order valence-corrected chi connectivity index (χ4v) is 8.32. The molecule has 4 rings (SSSR count). The molecular formula is C35H45N3O4Si-. The molecule has 2 unspecified atom stereocenters. The van der Waals surface area contributed by atoms with Gasteiger partial charge in [-0.25, -0.2) is 4.85 Å². The summed E-state index contributed by atoms with van der Waals surface area (Å²) in [7, 11) is -2.56. The van der Waals surface area contributed by atoms with Crippen molar-refractivity contribution in [3.8, 4) is 11.1 Å². The van der Waals surface area contributed by atoms with Crippen LogP contribution in [0.25, 0.3) is 21.7 Å². The van der Waals surface area contributed by atoms with Crippen molar-refractivity contribution < 1.29 is 20.2 Å². The van der Waals surface area contributed by atoms with Gasteiger partial charge >= 0.3 is 0 Å². The minimum atomic E-state index is -2.56. The Labute approximate surface area is 258 Å². The van der Waals surface area contributed by atoms with E-state index < -0.39 is 31.4 Å². The predicted octanol–water partition coefficient (Wildman–Crippen LogP) is 7.62. The van der Waals surface area contributed by atoms with E-state index in [1.807, 2.05) is 65.7 Å². The standard InChI is InChI=1S/C35H46N3O4Si/c1-33(2,3)37(39)32(42-40)27-25-22-18-14-17-21-24(25)26(31(27)43(11,12)35(7,8)9)29-28(36-10)30(23-19-15-13-16-20-23)41-38(29)34(4,5)6/h13-22,29,32,40H,1-9,11-12H3/p-1. The number of hydrogen-bond acceptors (Lipinski definition) is 5.